The highest BCUT2D eigenvalue weighted by atomic mass is 16.8. The SMILES string of the molecule is COc1ccc(C(=O)O[C@H]2[C@H](O[C@@H]3[C@@H](OC(C)=O)[C@H](O[C@H]4C[C@H]5[C@@H]6CC=C7C[C@@H](O)CC[C@]7(C)[C@H]6CC[C@]5(C)[C@@]4(O)[C@H](C)C(=O)OC/C=C/CCCCCCCCOC(=O)c4ccccc4)OC[C@@H]3O)OC[C@@H](O)[C@@H]2O)cc1. The predicted molar refractivity (Wildman–Crippen MR) is 281 cm³/mol. The molecule has 2 aromatic carbocycles. The van der Waals surface area contributed by atoms with Crippen molar-refractivity contribution in [2.75, 3.05) is 33.5 Å². The molecule has 18 heteroatoms. The Labute approximate surface area is 457 Å². The van der Waals surface area contributed by atoms with Gasteiger partial charge in [-0.2, -0.15) is 0 Å². The monoisotopic (exact) mass is 1090 g/mol. The molecule has 8 rings (SSSR count). The minimum absolute atomic E-state index is 0.00235. The van der Waals surface area contributed by atoms with Crippen molar-refractivity contribution >= 4 is 23.9 Å². The normalized spacial score (nSPS) is 35.8. The summed E-state index contributed by atoms with van der Waals surface area (Å²) in [7, 11) is 1.47. The van der Waals surface area contributed by atoms with E-state index in [-0.39, 0.29) is 47.4 Å². The zero-order chi connectivity index (χ0) is 55.8. The molecule has 430 valence electrons. The Morgan fingerprint density at radius 1 is 0.744 bits per heavy atom. The molecule has 2 aromatic rings. The molecule has 2 aliphatic heterocycles. The van der Waals surface area contributed by atoms with Crippen LogP contribution in [0.15, 0.2) is 78.4 Å². The van der Waals surface area contributed by atoms with Gasteiger partial charge in [-0.1, -0.05) is 81.5 Å². The first-order valence-corrected chi connectivity index (χ1v) is 28.1. The molecule has 0 bridgehead atoms. The van der Waals surface area contributed by atoms with Crippen LogP contribution >= 0.6 is 0 Å². The molecule has 2 saturated heterocycles. The number of aliphatic hydroxyl groups is 5. The van der Waals surface area contributed by atoms with Crippen LogP contribution in [0, 0.1) is 34.5 Å². The highest BCUT2D eigenvalue weighted by Crippen LogP contribution is 2.69. The van der Waals surface area contributed by atoms with E-state index in [9.17, 15) is 44.7 Å². The van der Waals surface area contributed by atoms with E-state index in [1.807, 2.05) is 37.3 Å². The summed E-state index contributed by atoms with van der Waals surface area (Å²) in [6.45, 7) is 6.70. The number of ether oxygens (including phenoxy) is 9. The van der Waals surface area contributed by atoms with Gasteiger partial charge in [0.05, 0.1) is 56.2 Å². The Hall–Kier alpha value is -4.76. The fraction of sp³-hybridized carbons (Fsp3) is 0.667. The minimum Gasteiger partial charge on any atom is -0.497 e. The molecule has 0 unspecified atom stereocenters. The molecule has 2 heterocycles. The van der Waals surface area contributed by atoms with Gasteiger partial charge in [-0.25, -0.2) is 9.59 Å². The van der Waals surface area contributed by atoms with Crippen molar-refractivity contribution in [3.63, 3.8) is 0 Å². The quantitative estimate of drug-likeness (QED) is 0.0356. The second kappa shape index (κ2) is 26.2. The Bertz CT molecular complexity index is 2390. The van der Waals surface area contributed by atoms with E-state index in [4.69, 9.17) is 42.6 Å². The third kappa shape index (κ3) is 12.9. The molecule has 17 atom stereocenters. The molecule has 5 N–H and O–H groups in total. The Balaban J connectivity index is 0.947. The number of hydrogen-bond acceptors (Lipinski definition) is 18. The summed E-state index contributed by atoms with van der Waals surface area (Å²) in [4.78, 5) is 52.9. The van der Waals surface area contributed by atoms with E-state index in [2.05, 4.69) is 13.0 Å². The molecule has 0 amide bonds. The summed E-state index contributed by atoms with van der Waals surface area (Å²) < 4.78 is 53.2. The smallest absolute Gasteiger partial charge is 0.338 e. The van der Waals surface area contributed by atoms with Gasteiger partial charge in [0.2, 0.25) is 0 Å². The van der Waals surface area contributed by atoms with Crippen LogP contribution in [0.5, 0.6) is 5.75 Å². The maximum Gasteiger partial charge on any atom is 0.338 e. The third-order valence-corrected chi connectivity index (χ3v) is 18.1. The zero-order valence-electron chi connectivity index (χ0n) is 45.8. The van der Waals surface area contributed by atoms with Gasteiger partial charge in [-0.3, -0.25) is 9.59 Å². The lowest BCUT2D eigenvalue weighted by atomic mass is 9.46. The van der Waals surface area contributed by atoms with Gasteiger partial charge in [0, 0.05) is 12.3 Å². The maximum atomic E-state index is 14.4. The van der Waals surface area contributed by atoms with Crippen LogP contribution in [0.25, 0.3) is 0 Å². The maximum absolute atomic E-state index is 14.4. The van der Waals surface area contributed by atoms with Gasteiger partial charge in [0.1, 0.15) is 42.4 Å². The van der Waals surface area contributed by atoms with Crippen LogP contribution < -0.4 is 4.74 Å². The van der Waals surface area contributed by atoms with Gasteiger partial charge in [-0.05, 0) is 131 Å². The van der Waals surface area contributed by atoms with Crippen LogP contribution in [0.4, 0.5) is 0 Å². The molecular formula is C60H82O18. The van der Waals surface area contributed by atoms with E-state index in [0.717, 1.165) is 71.1 Å². The molecule has 4 aliphatic carbocycles. The fourth-order valence-electron chi connectivity index (χ4n) is 13.7. The van der Waals surface area contributed by atoms with E-state index in [1.165, 1.54) is 24.8 Å². The molecule has 6 aliphatic rings. The molecule has 78 heavy (non-hydrogen) atoms. The van der Waals surface area contributed by atoms with Gasteiger partial charge in [0.25, 0.3) is 0 Å². The third-order valence-electron chi connectivity index (χ3n) is 18.1. The highest BCUT2D eigenvalue weighted by Gasteiger charge is 2.71. The van der Waals surface area contributed by atoms with Gasteiger partial charge < -0.3 is 68.2 Å². The second-order valence-corrected chi connectivity index (χ2v) is 22.8. The second-order valence-electron chi connectivity index (χ2n) is 22.8. The van der Waals surface area contributed by atoms with Gasteiger partial charge in [-0.15, -0.1) is 0 Å². The first-order valence-electron chi connectivity index (χ1n) is 28.1. The van der Waals surface area contributed by atoms with Gasteiger partial charge in [0.15, 0.2) is 24.8 Å². The van der Waals surface area contributed by atoms with Crippen molar-refractivity contribution < 1.29 is 87.3 Å². The summed E-state index contributed by atoms with van der Waals surface area (Å²) in [6, 6.07) is 15.0. The van der Waals surface area contributed by atoms with Crippen LogP contribution in [0.1, 0.15) is 138 Å². The zero-order valence-corrected chi connectivity index (χ0v) is 45.8. The van der Waals surface area contributed by atoms with Crippen molar-refractivity contribution in [2.24, 2.45) is 34.5 Å². The lowest BCUT2D eigenvalue weighted by Crippen LogP contribution is -2.64. The number of fused-ring (bicyclic) bond motifs is 5. The Morgan fingerprint density at radius 2 is 1.42 bits per heavy atom. The first kappa shape index (κ1) is 59.4. The molecule has 0 spiro atoms. The minimum atomic E-state index is -1.86. The lowest BCUT2D eigenvalue weighted by molar-refractivity contribution is -0.345. The van der Waals surface area contributed by atoms with Crippen LogP contribution in [0.3, 0.4) is 0 Å². The summed E-state index contributed by atoms with van der Waals surface area (Å²) in [5, 5.41) is 57.6. The number of methoxy groups -OCH3 is 1. The van der Waals surface area contributed by atoms with E-state index in [0.29, 0.717) is 43.6 Å². The van der Waals surface area contributed by atoms with E-state index >= 15 is 0 Å². The number of carbonyl (C=O) groups excluding carboxylic acids is 4. The van der Waals surface area contributed by atoms with Gasteiger partial charge >= 0.3 is 23.9 Å². The number of rotatable bonds is 22. The number of unbranched alkanes of at least 4 members (excludes halogenated alkanes) is 6. The first-order chi connectivity index (χ1) is 37.4. The Morgan fingerprint density at radius 3 is 2.14 bits per heavy atom. The number of carbonyl (C=O) groups is 4. The summed E-state index contributed by atoms with van der Waals surface area (Å²) in [6.07, 6.45) is 3.40. The van der Waals surface area contributed by atoms with E-state index in [1.54, 1.807) is 31.2 Å². The average Bonchev–Trinajstić information content (AvgIpc) is 3.92. The largest absolute Gasteiger partial charge is 0.497 e. The fourth-order valence-corrected chi connectivity index (χ4v) is 13.7. The number of esters is 4. The van der Waals surface area contributed by atoms with Crippen molar-refractivity contribution in [3.8, 4) is 5.75 Å². The summed E-state index contributed by atoms with van der Waals surface area (Å²) in [5.74, 6) is -3.02. The summed E-state index contributed by atoms with van der Waals surface area (Å²) >= 11 is 0. The lowest BCUT2D eigenvalue weighted by Gasteiger charge is -2.59. The molecule has 5 fully saturated rings. The van der Waals surface area contributed by atoms with Crippen molar-refractivity contribution in [1.29, 1.82) is 0 Å². The van der Waals surface area contributed by atoms with Crippen molar-refractivity contribution in [2.45, 2.75) is 185 Å². The van der Waals surface area contributed by atoms with Crippen LogP contribution in [0.2, 0.25) is 0 Å². The van der Waals surface area contributed by atoms with Crippen molar-refractivity contribution in [3.05, 3.63) is 89.5 Å². The summed E-state index contributed by atoms with van der Waals surface area (Å²) in [5.41, 5.74) is -0.956. The van der Waals surface area contributed by atoms with Crippen LogP contribution in [-0.4, -0.2) is 150 Å². The highest BCUT2D eigenvalue weighted by molar-refractivity contribution is 5.90. The number of allylic oxidation sites excluding steroid dienone is 2. The number of benzene rings is 2. The van der Waals surface area contributed by atoms with Crippen LogP contribution in [-0.2, 0) is 47.5 Å². The van der Waals surface area contributed by atoms with E-state index < -0.39 is 103 Å². The standard InChI is InChI=1S/C60H82O18/c1-36(53(66)71-30-16-11-9-7-6-8-10-12-17-31-72-54(67)38-18-14-13-15-19-38)60(69)48(33-45-43-25-22-40-32-41(62)26-28-58(40,3)44(43)27-29-59(45,60)4)76-57-52(75-37(2)61)50(47(64)35-74-57)78-56-51(49(65)46(63)34-73-56)77-55(68)39-20-23-42(70-5)24-21-39/h11,13-16,18-24,36,41,43-52,56-57,62-65,69H,6-10,12,17,25-35H2,1-5H3/b16-11+/t36-,41+,43-,44+,45+,46-,47+,48+,49+,50+,51-,52-,56+,57+,58+,59+,60-/m1/s1. The topological polar surface area (TPSA) is 252 Å². The number of aliphatic hydroxyl groups excluding tert-OH is 4. The van der Waals surface area contributed by atoms with Crippen molar-refractivity contribution in [1.82, 2.24) is 0 Å². The average molecular weight is 1090 g/mol. The Kier molecular flexibility index (Phi) is 20.0. The molecule has 18 nitrogen and oxygen atoms in total. The number of hydrogen-bond donors (Lipinski definition) is 5. The molecule has 0 aromatic heterocycles. The molecule has 3 saturated carbocycles. The molecule has 0 radical (unpaired) electrons. The molecular weight excluding hydrogens is 1010 g/mol. The predicted octanol–water partition coefficient (Wildman–Crippen LogP) is 6.71.